The molecule has 0 bridgehead atoms. The third-order valence-corrected chi connectivity index (χ3v) is 13.8. The van der Waals surface area contributed by atoms with Crippen LogP contribution in [0.15, 0.2) is 90.8 Å². The van der Waals surface area contributed by atoms with Crippen LogP contribution in [0.25, 0.3) is 54.3 Å². The number of carbonyl (C=O) groups excluding carboxylic acids is 1. The normalized spacial score (nSPS) is 13.5. The smallest absolute Gasteiger partial charge is 0.162 e. The van der Waals surface area contributed by atoms with Gasteiger partial charge in [0.05, 0.1) is 13.8 Å². The number of rotatable bonds is 7. The van der Waals surface area contributed by atoms with Crippen molar-refractivity contribution < 1.29 is 34.4 Å². The second kappa shape index (κ2) is 14.4. The van der Waals surface area contributed by atoms with Gasteiger partial charge in [-0.3, -0.25) is 9.78 Å². The Morgan fingerprint density at radius 2 is 1.48 bits per heavy atom. The van der Waals surface area contributed by atoms with E-state index in [1.807, 2.05) is 52.1 Å². The average Bonchev–Trinajstić information content (AvgIpc) is 3.08. The fourth-order valence-electron chi connectivity index (χ4n) is 7.36. The van der Waals surface area contributed by atoms with Gasteiger partial charge in [-0.2, -0.15) is 0 Å². The van der Waals surface area contributed by atoms with Crippen LogP contribution < -0.4 is 10.4 Å². The summed E-state index contributed by atoms with van der Waals surface area (Å²) in [5, 5.41) is 21.2. The van der Waals surface area contributed by atoms with Crippen molar-refractivity contribution in [2.45, 2.75) is 66.5 Å². The summed E-state index contributed by atoms with van der Waals surface area (Å²) in [6, 6.07) is 28.3. The molecule has 0 aliphatic carbocycles. The van der Waals surface area contributed by atoms with E-state index >= 15 is 0 Å². The van der Waals surface area contributed by atoms with Crippen LogP contribution in [0.4, 0.5) is 4.39 Å². The Hall–Kier alpha value is -3.70. The third-order valence-electron chi connectivity index (χ3n) is 10.3. The molecule has 3 nitrogen and oxygen atoms in total. The first-order valence-corrected chi connectivity index (χ1v) is 20.0. The van der Waals surface area contributed by atoms with E-state index in [0.717, 1.165) is 58.5 Å². The van der Waals surface area contributed by atoms with Crippen molar-refractivity contribution in [2.24, 2.45) is 11.8 Å². The Labute approximate surface area is 297 Å². The van der Waals surface area contributed by atoms with Gasteiger partial charge in [-0.05, 0) is 64.7 Å². The molecule has 1 N–H and O–H groups in total. The van der Waals surface area contributed by atoms with Gasteiger partial charge in [0.2, 0.25) is 0 Å². The molecule has 6 heteroatoms. The van der Waals surface area contributed by atoms with E-state index in [9.17, 15) is 14.3 Å². The number of nitrogens with zero attached hydrogens (tertiary/aromatic N) is 1. The minimum atomic E-state index is -2.06. The van der Waals surface area contributed by atoms with Crippen molar-refractivity contribution in [3.63, 3.8) is 0 Å². The van der Waals surface area contributed by atoms with Crippen molar-refractivity contribution in [3.05, 3.63) is 103 Å². The van der Waals surface area contributed by atoms with E-state index in [1.54, 1.807) is 0 Å². The molecule has 0 unspecified atom stereocenters. The first kappa shape index (κ1) is 35.6. The van der Waals surface area contributed by atoms with Gasteiger partial charge in [0, 0.05) is 55.3 Å². The molecule has 5 aromatic carbocycles. The molecular formula is C42H43FIrNO2Si-. The van der Waals surface area contributed by atoms with Crippen LogP contribution in [0, 0.1) is 23.7 Å². The van der Waals surface area contributed by atoms with E-state index in [0.29, 0.717) is 5.39 Å². The molecule has 0 fully saturated rings. The summed E-state index contributed by atoms with van der Waals surface area (Å²) in [5.41, 5.74) is 2.16. The minimum Gasteiger partial charge on any atom is -0.512 e. The average molecular weight is 833 g/mol. The molecule has 6 aromatic rings. The zero-order chi connectivity index (χ0) is 33.5. The van der Waals surface area contributed by atoms with Gasteiger partial charge in [0.1, 0.15) is 5.82 Å². The second-order valence-corrected chi connectivity index (χ2v) is 17.6. The molecule has 7 rings (SSSR count). The second-order valence-electron chi connectivity index (χ2n) is 13.3. The van der Waals surface area contributed by atoms with Gasteiger partial charge in [0.25, 0.3) is 0 Å². The van der Waals surface area contributed by atoms with Crippen molar-refractivity contribution in [3.8, 4) is 11.3 Å². The number of aliphatic hydroxyl groups is 1. The molecular weight excluding hydrogens is 790 g/mol. The number of hydrogen-bond donors (Lipinski definition) is 1. The number of carbonyl (C=O) groups is 1. The predicted molar refractivity (Wildman–Crippen MR) is 199 cm³/mol. The number of hydrogen-bond acceptors (Lipinski definition) is 3. The Morgan fingerprint density at radius 1 is 0.812 bits per heavy atom. The number of aliphatic hydroxyl groups excluding tert-OH is 1. The van der Waals surface area contributed by atoms with Crippen LogP contribution in [0.3, 0.4) is 0 Å². The van der Waals surface area contributed by atoms with Crippen LogP contribution in [0.2, 0.25) is 13.1 Å². The molecule has 1 aromatic heterocycles. The fraction of sp³-hybridized carbons (Fsp3) is 0.286. The predicted octanol–water partition coefficient (Wildman–Crippen LogP) is 10.3. The first-order chi connectivity index (χ1) is 22.6. The van der Waals surface area contributed by atoms with E-state index in [1.165, 1.54) is 38.7 Å². The number of ketones is 1. The summed E-state index contributed by atoms with van der Waals surface area (Å²) in [5.74, 6) is 0.377. The van der Waals surface area contributed by atoms with E-state index in [2.05, 4.69) is 67.7 Å². The molecule has 1 aliphatic rings. The topological polar surface area (TPSA) is 50.2 Å². The third kappa shape index (κ3) is 6.15. The molecule has 0 saturated heterocycles. The molecule has 1 radical (unpaired) electrons. The fourth-order valence-corrected chi connectivity index (χ4v) is 10.4. The number of pyridine rings is 1. The molecule has 2 heterocycles. The van der Waals surface area contributed by atoms with Crippen LogP contribution >= 0.6 is 0 Å². The first-order valence-electron chi connectivity index (χ1n) is 17.0. The van der Waals surface area contributed by atoms with Gasteiger partial charge >= 0.3 is 0 Å². The monoisotopic (exact) mass is 833 g/mol. The van der Waals surface area contributed by atoms with Crippen LogP contribution in [-0.2, 0) is 24.9 Å². The molecule has 0 atom stereocenters. The maximum atomic E-state index is 14.6. The van der Waals surface area contributed by atoms with Gasteiger partial charge in [-0.1, -0.05) is 105 Å². The molecule has 1 aliphatic heterocycles. The Balaban J connectivity index is 0.000000243. The molecule has 0 saturated carbocycles. The van der Waals surface area contributed by atoms with Crippen LogP contribution in [0.1, 0.15) is 53.4 Å². The number of fused-ring (bicyclic) bond motifs is 7. The molecule has 0 spiro atoms. The van der Waals surface area contributed by atoms with E-state index in [4.69, 9.17) is 4.98 Å². The largest absolute Gasteiger partial charge is 0.512 e. The van der Waals surface area contributed by atoms with Crippen molar-refractivity contribution in [1.29, 1.82) is 0 Å². The maximum absolute atomic E-state index is 14.6. The summed E-state index contributed by atoms with van der Waals surface area (Å²) in [4.78, 5) is 16.6. The number of allylic oxidation sites excluding steroid dienone is 2. The minimum absolute atomic E-state index is 0. The maximum Gasteiger partial charge on any atom is 0.162 e. The number of aromatic nitrogens is 1. The SMILES string of the molecule is CCC(CC)C(=O)/C=C(\O)C(CC)CC.C[Si]1(C)c2cc3ccccc3[c-]c2-c2nccc3c2c1cc1c2cccc(F)c2ccc31.[Ir]. The number of benzene rings is 5. The molecule has 0 amide bonds. The molecule has 249 valence electrons. The molecule has 48 heavy (non-hydrogen) atoms. The summed E-state index contributed by atoms with van der Waals surface area (Å²) in [7, 11) is -2.06. The summed E-state index contributed by atoms with van der Waals surface area (Å²) < 4.78 is 14.6. The van der Waals surface area contributed by atoms with Crippen LogP contribution in [-0.4, -0.2) is 23.9 Å². The Bertz CT molecular complexity index is 2180. The van der Waals surface area contributed by atoms with E-state index < -0.39 is 8.07 Å². The number of halogens is 1. The zero-order valence-corrected chi connectivity index (χ0v) is 32.0. The summed E-state index contributed by atoms with van der Waals surface area (Å²) in [6.45, 7) is 12.9. The summed E-state index contributed by atoms with van der Waals surface area (Å²) >= 11 is 0. The van der Waals surface area contributed by atoms with Crippen molar-refractivity contribution in [2.75, 3.05) is 0 Å². The Morgan fingerprint density at radius 3 is 2.19 bits per heavy atom. The standard InChI is InChI=1S/C29H19FNSi.C13H24O2.Ir/c1-32(2)26-15-18-7-4-3-6-17(18)14-24(26)29-28-22(12-13-31-29)20-10-11-21-19(8-5-9-25(21)30)23(20)16-27(28)32;1-5-10(6-2)12(14)9-13(15)11(7-3)8-4;/h3-13,15-16H,1-2H3;9-11,14H,5-8H2,1-4H3;/q-1;;/b;12-9-;. The van der Waals surface area contributed by atoms with Gasteiger partial charge in [-0.25, -0.2) is 4.39 Å². The van der Waals surface area contributed by atoms with Crippen molar-refractivity contribution in [1.82, 2.24) is 4.98 Å². The van der Waals surface area contributed by atoms with Crippen molar-refractivity contribution >= 4 is 67.3 Å². The Kier molecular flexibility index (Phi) is 10.7. The van der Waals surface area contributed by atoms with Gasteiger partial charge in [-0.15, -0.1) is 28.8 Å². The zero-order valence-electron chi connectivity index (χ0n) is 28.6. The van der Waals surface area contributed by atoms with E-state index in [-0.39, 0.29) is 49.3 Å². The van der Waals surface area contributed by atoms with Gasteiger partial charge < -0.3 is 5.11 Å². The summed E-state index contributed by atoms with van der Waals surface area (Å²) in [6.07, 6.45) is 6.81. The quantitative estimate of drug-likeness (QED) is 0.0573. The van der Waals surface area contributed by atoms with Gasteiger partial charge in [0.15, 0.2) is 5.78 Å². The van der Waals surface area contributed by atoms with Crippen LogP contribution in [0.5, 0.6) is 0 Å².